The van der Waals surface area contributed by atoms with Gasteiger partial charge in [0.1, 0.15) is 0 Å². The van der Waals surface area contributed by atoms with E-state index in [0.717, 1.165) is 11.8 Å². The molecule has 1 fully saturated rings. The largest absolute Gasteiger partial charge is 0.301 e. The predicted molar refractivity (Wildman–Crippen MR) is 81.0 cm³/mol. The fourth-order valence-corrected chi connectivity index (χ4v) is 2.68. The summed E-state index contributed by atoms with van der Waals surface area (Å²) < 4.78 is 0. The van der Waals surface area contributed by atoms with Gasteiger partial charge in [0.05, 0.1) is 0 Å². The van der Waals surface area contributed by atoms with Gasteiger partial charge in [0, 0.05) is 26.2 Å². The Morgan fingerprint density at radius 1 is 0.667 bits per heavy atom. The lowest BCUT2D eigenvalue weighted by atomic mass is 10.1. The molecular weight excluding hydrogens is 220 g/mol. The van der Waals surface area contributed by atoms with Crippen molar-refractivity contribution in [3.8, 4) is 0 Å². The van der Waals surface area contributed by atoms with Crippen LogP contribution in [0, 0.1) is 11.8 Å². The van der Waals surface area contributed by atoms with Gasteiger partial charge in [0.15, 0.2) is 0 Å². The highest BCUT2D eigenvalue weighted by atomic mass is 15.3. The lowest BCUT2D eigenvalue weighted by molar-refractivity contribution is 0.127. The molecule has 0 aliphatic carbocycles. The van der Waals surface area contributed by atoms with Crippen LogP contribution in [-0.4, -0.2) is 49.1 Å². The topological polar surface area (TPSA) is 6.48 Å². The summed E-state index contributed by atoms with van der Waals surface area (Å²) in [5.74, 6) is 1.73. The van der Waals surface area contributed by atoms with Crippen molar-refractivity contribution < 1.29 is 0 Å². The summed E-state index contributed by atoms with van der Waals surface area (Å²) in [5, 5.41) is 0. The van der Waals surface area contributed by atoms with Crippen molar-refractivity contribution in [3.63, 3.8) is 0 Å². The molecule has 18 heavy (non-hydrogen) atoms. The molecule has 2 heteroatoms. The van der Waals surface area contributed by atoms with Crippen molar-refractivity contribution in [2.24, 2.45) is 11.8 Å². The van der Waals surface area contributed by atoms with Crippen molar-refractivity contribution in [3.05, 3.63) is 0 Å². The minimum Gasteiger partial charge on any atom is -0.301 e. The molecule has 1 heterocycles. The summed E-state index contributed by atoms with van der Waals surface area (Å²) in [6.07, 6.45) is 5.53. The van der Waals surface area contributed by atoms with Gasteiger partial charge in [-0.25, -0.2) is 0 Å². The molecule has 1 aliphatic heterocycles. The lowest BCUT2D eigenvalue weighted by Crippen LogP contribution is -2.46. The zero-order valence-electron chi connectivity index (χ0n) is 13.1. The summed E-state index contributed by atoms with van der Waals surface area (Å²) in [7, 11) is 0. The third-order valence-electron chi connectivity index (χ3n) is 3.98. The van der Waals surface area contributed by atoms with Crippen LogP contribution >= 0.6 is 0 Å². The minimum absolute atomic E-state index is 0.863. The van der Waals surface area contributed by atoms with Gasteiger partial charge in [0.25, 0.3) is 0 Å². The fraction of sp³-hybridized carbons (Fsp3) is 1.00. The maximum atomic E-state index is 2.65. The van der Waals surface area contributed by atoms with E-state index >= 15 is 0 Å². The van der Waals surface area contributed by atoms with Crippen molar-refractivity contribution in [2.45, 2.75) is 53.4 Å². The molecule has 0 bridgehead atoms. The van der Waals surface area contributed by atoms with Crippen molar-refractivity contribution in [1.82, 2.24) is 9.80 Å². The van der Waals surface area contributed by atoms with E-state index in [1.807, 2.05) is 0 Å². The van der Waals surface area contributed by atoms with Crippen LogP contribution < -0.4 is 0 Å². The first-order valence-electron chi connectivity index (χ1n) is 8.02. The Hall–Kier alpha value is -0.0800. The molecule has 2 nitrogen and oxygen atoms in total. The summed E-state index contributed by atoms with van der Waals surface area (Å²) in [6, 6.07) is 0. The average molecular weight is 254 g/mol. The second-order valence-corrected chi connectivity index (χ2v) is 6.76. The van der Waals surface area contributed by atoms with Gasteiger partial charge in [-0.15, -0.1) is 0 Å². The highest BCUT2D eigenvalue weighted by Gasteiger charge is 2.15. The van der Waals surface area contributed by atoms with Crippen molar-refractivity contribution >= 4 is 0 Å². The zero-order chi connectivity index (χ0) is 13.4. The molecule has 0 saturated carbocycles. The first-order chi connectivity index (χ1) is 8.58. The first kappa shape index (κ1) is 16.0. The highest BCUT2D eigenvalue weighted by molar-refractivity contribution is 4.72. The van der Waals surface area contributed by atoms with Gasteiger partial charge < -0.3 is 9.80 Å². The summed E-state index contributed by atoms with van der Waals surface area (Å²) >= 11 is 0. The van der Waals surface area contributed by atoms with Crippen LogP contribution in [0.1, 0.15) is 53.4 Å². The van der Waals surface area contributed by atoms with Crippen LogP contribution in [0.25, 0.3) is 0 Å². The van der Waals surface area contributed by atoms with Gasteiger partial charge in [-0.2, -0.15) is 0 Å². The average Bonchev–Trinajstić information content (AvgIpc) is 2.30. The normalized spacial score (nSPS) is 19.0. The number of hydrogen-bond donors (Lipinski definition) is 0. The summed E-state index contributed by atoms with van der Waals surface area (Å²) in [4.78, 5) is 5.31. The first-order valence-corrected chi connectivity index (χ1v) is 8.02. The molecule has 0 N–H and O–H groups in total. The molecule has 0 unspecified atom stereocenters. The van der Waals surface area contributed by atoms with E-state index in [1.54, 1.807) is 0 Å². The monoisotopic (exact) mass is 254 g/mol. The lowest BCUT2D eigenvalue weighted by Gasteiger charge is -2.34. The number of nitrogens with zero attached hydrogens (tertiary/aromatic N) is 2. The fourth-order valence-electron chi connectivity index (χ4n) is 2.68. The Bertz CT molecular complexity index is 171. The van der Waals surface area contributed by atoms with E-state index in [0.29, 0.717) is 0 Å². The van der Waals surface area contributed by atoms with Crippen LogP contribution in [0.5, 0.6) is 0 Å². The highest BCUT2D eigenvalue weighted by Crippen LogP contribution is 2.09. The maximum absolute atomic E-state index is 2.65. The molecule has 1 rings (SSSR count). The molecule has 0 amide bonds. The van der Waals surface area contributed by atoms with Crippen LogP contribution in [-0.2, 0) is 0 Å². The van der Waals surface area contributed by atoms with Crippen LogP contribution in [0.15, 0.2) is 0 Å². The molecule has 0 aromatic heterocycles. The standard InChI is InChI=1S/C16H34N2/c1-15(2)7-5-9-17-11-13-18(14-12-17)10-6-8-16(3)4/h15-16H,5-14H2,1-4H3. The quantitative estimate of drug-likeness (QED) is 0.654. The molecule has 108 valence electrons. The van der Waals surface area contributed by atoms with Crippen LogP contribution in [0.2, 0.25) is 0 Å². The van der Waals surface area contributed by atoms with E-state index in [2.05, 4.69) is 37.5 Å². The Kier molecular flexibility index (Phi) is 7.92. The molecule has 0 radical (unpaired) electrons. The van der Waals surface area contributed by atoms with Crippen LogP contribution in [0.3, 0.4) is 0 Å². The zero-order valence-corrected chi connectivity index (χ0v) is 13.1. The molecule has 0 spiro atoms. The third-order valence-corrected chi connectivity index (χ3v) is 3.98. The second-order valence-electron chi connectivity index (χ2n) is 6.76. The summed E-state index contributed by atoms with van der Waals surface area (Å²) in [6.45, 7) is 17.1. The second kappa shape index (κ2) is 8.92. The van der Waals surface area contributed by atoms with Gasteiger partial charge >= 0.3 is 0 Å². The maximum Gasteiger partial charge on any atom is 0.0110 e. The number of rotatable bonds is 8. The molecule has 1 aliphatic rings. The molecule has 0 aromatic rings. The number of hydrogen-bond acceptors (Lipinski definition) is 2. The van der Waals surface area contributed by atoms with Crippen molar-refractivity contribution in [1.29, 1.82) is 0 Å². The van der Waals surface area contributed by atoms with E-state index < -0.39 is 0 Å². The van der Waals surface area contributed by atoms with E-state index in [4.69, 9.17) is 0 Å². The Morgan fingerprint density at radius 2 is 1.00 bits per heavy atom. The van der Waals surface area contributed by atoms with Crippen molar-refractivity contribution in [2.75, 3.05) is 39.3 Å². The minimum atomic E-state index is 0.863. The van der Waals surface area contributed by atoms with Gasteiger partial charge in [-0.05, 0) is 50.6 Å². The Labute approximate surface area is 115 Å². The van der Waals surface area contributed by atoms with E-state index in [9.17, 15) is 0 Å². The SMILES string of the molecule is CC(C)CCCN1CCN(CCCC(C)C)CC1. The van der Waals surface area contributed by atoms with E-state index in [1.165, 1.54) is 65.0 Å². The molecule has 0 aromatic carbocycles. The van der Waals surface area contributed by atoms with Gasteiger partial charge in [-0.3, -0.25) is 0 Å². The number of piperazine rings is 1. The van der Waals surface area contributed by atoms with Gasteiger partial charge in [0.2, 0.25) is 0 Å². The third kappa shape index (κ3) is 7.38. The molecular formula is C16H34N2. The van der Waals surface area contributed by atoms with E-state index in [-0.39, 0.29) is 0 Å². The van der Waals surface area contributed by atoms with Crippen LogP contribution in [0.4, 0.5) is 0 Å². The summed E-state index contributed by atoms with van der Waals surface area (Å²) in [5.41, 5.74) is 0. The smallest absolute Gasteiger partial charge is 0.0110 e. The predicted octanol–water partition coefficient (Wildman–Crippen LogP) is 3.48. The Morgan fingerprint density at radius 3 is 1.28 bits per heavy atom. The van der Waals surface area contributed by atoms with Gasteiger partial charge in [-0.1, -0.05) is 27.7 Å². The molecule has 1 saturated heterocycles. The molecule has 0 atom stereocenters. The Balaban J connectivity index is 2.02.